The van der Waals surface area contributed by atoms with Gasteiger partial charge in [-0.2, -0.15) is 5.26 Å². The van der Waals surface area contributed by atoms with Gasteiger partial charge in [-0.3, -0.25) is 0 Å². The molecule has 1 atom stereocenters. The van der Waals surface area contributed by atoms with Crippen LogP contribution in [0.25, 0.3) is 0 Å². The second-order valence-electron chi connectivity index (χ2n) is 5.33. The number of nitriles is 1. The van der Waals surface area contributed by atoms with Gasteiger partial charge in [0.1, 0.15) is 15.2 Å². The maximum absolute atomic E-state index is 12.1. The van der Waals surface area contributed by atoms with E-state index in [0.717, 1.165) is 30.8 Å². The zero-order valence-electron chi connectivity index (χ0n) is 11.7. The summed E-state index contributed by atoms with van der Waals surface area (Å²) in [4.78, 5) is 2.77. The number of hydrogen-bond donors (Lipinski definition) is 1. The molecule has 0 radical (unpaired) electrons. The standard InChI is InChI=1S/C13H19N3O2S2/c1-10(2)16-6-5-11(9-16)8-15-20(17,18)13-4-3-12(7-14)19-13/h3-4,10-11,15H,5-6,8-9H2,1-2H3. The summed E-state index contributed by atoms with van der Waals surface area (Å²) in [5.74, 6) is 0.363. The van der Waals surface area contributed by atoms with Crippen LogP contribution in [0, 0.1) is 17.2 Å². The number of nitrogens with zero attached hydrogens (tertiary/aromatic N) is 2. The molecule has 2 heterocycles. The fourth-order valence-electron chi connectivity index (χ4n) is 2.32. The smallest absolute Gasteiger partial charge is 0.250 e. The summed E-state index contributed by atoms with van der Waals surface area (Å²) in [6.07, 6.45) is 1.02. The Morgan fingerprint density at radius 2 is 2.30 bits per heavy atom. The first-order chi connectivity index (χ1) is 9.42. The predicted molar refractivity (Wildman–Crippen MR) is 79.0 cm³/mol. The first-order valence-corrected chi connectivity index (χ1v) is 8.96. The quantitative estimate of drug-likeness (QED) is 0.896. The van der Waals surface area contributed by atoms with Crippen molar-refractivity contribution in [1.29, 1.82) is 5.26 Å². The Morgan fingerprint density at radius 1 is 1.55 bits per heavy atom. The molecular formula is C13H19N3O2S2. The Balaban J connectivity index is 1.92. The number of sulfonamides is 1. The lowest BCUT2D eigenvalue weighted by Gasteiger charge is -2.20. The lowest BCUT2D eigenvalue weighted by molar-refractivity contribution is 0.265. The number of likely N-dealkylation sites (tertiary alicyclic amines) is 1. The molecule has 1 unspecified atom stereocenters. The highest BCUT2D eigenvalue weighted by molar-refractivity contribution is 7.91. The molecule has 1 aliphatic heterocycles. The van der Waals surface area contributed by atoms with Crippen molar-refractivity contribution in [2.24, 2.45) is 5.92 Å². The molecule has 1 aromatic rings. The van der Waals surface area contributed by atoms with E-state index in [9.17, 15) is 8.42 Å². The van der Waals surface area contributed by atoms with Crippen molar-refractivity contribution in [3.63, 3.8) is 0 Å². The van der Waals surface area contributed by atoms with Gasteiger partial charge in [0.05, 0.1) is 0 Å². The summed E-state index contributed by atoms with van der Waals surface area (Å²) in [5, 5.41) is 8.74. The summed E-state index contributed by atoms with van der Waals surface area (Å²) in [6.45, 7) is 6.74. The van der Waals surface area contributed by atoms with Crippen LogP contribution >= 0.6 is 11.3 Å². The molecule has 7 heteroatoms. The van der Waals surface area contributed by atoms with Crippen molar-refractivity contribution < 1.29 is 8.42 Å². The Labute approximate surface area is 124 Å². The molecule has 1 fully saturated rings. The second kappa shape index (κ2) is 6.22. The minimum atomic E-state index is -3.48. The number of rotatable bonds is 5. The van der Waals surface area contributed by atoms with Gasteiger partial charge >= 0.3 is 0 Å². The van der Waals surface area contributed by atoms with Crippen LogP contribution in [0.4, 0.5) is 0 Å². The molecule has 0 amide bonds. The summed E-state index contributed by atoms with van der Waals surface area (Å²) in [7, 11) is -3.48. The van der Waals surface area contributed by atoms with Gasteiger partial charge in [0.15, 0.2) is 0 Å². The highest BCUT2D eigenvalue weighted by Crippen LogP contribution is 2.22. The molecule has 1 aromatic heterocycles. The minimum absolute atomic E-state index is 0.216. The van der Waals surface area contributed by atoms with Crippen molar-refractivity contribution in [3.05, 3.63) is 17.0 Å². The normalized spacial score (nSPS) is 20.4. The van der Waals surface area contributed by atoms with E-state index in [2.05, 4.69) is 23.5 Å². The third kappa shape index (κ3) is 3.58. The molecule has 0 aliphatic carbocycles. The van der Waals surface area contributed by atoms with Crippen molar-refractivity contribution in [2.75, 3.05) is 19.6 Å². The summed E-state index contributed by atoms with van der Waals surface area (Å²) in [6, 6.07) is 5.48. The van der Waals surface area contributed by atoms with E-state index in [4.69, 9.17) is 5.26 Å². The largest absolute Gasteiger partial charge is 0.301 e. The van der Waals surface area contributed by atoms with Gasteiger partial charge < -0.3 is 4.90 Å². The monoisotopic (exact) mass is 313 g/mol. The van der Waals surface area contributed by atoms with E-state index in [1.165, 1.54) is 12.1 Å². The fourth-order valence-corrected chi connectivity index (χ4v) is 4.59. The Hall–Kier alpha value is -0.940. The number of hydrogen-bond acceptors (Lipinski definition) is 5. The van der Waals surface area contributed by atoms with Gasteiger partial charge in [-0.25, -0.2) is 13.1 Å². The second-order valence-corrected chi connectivity index (χ2v) is 8.40. The Kier molecular flexibility index (Phi) is 4.81. The van der Waals surface area contributed by atoms with Gasteiger partial charge in [0.25, 0.3) is 0 Å². The Morgan fingerprint density at radius 3 is 2.85 bits per heavy atom. The van der Waals surface area contributed by atoms with E-state index in [1.807, 2.05) is 6.07 Å². The average molecular weight is 313 g/mol. The maximum atomic E-state index is 12.1. The van der Waals surface area contributed by atoms with Crippen LogP contribution < -0.4 is 4.72 Å². The highest BCUT2D eigenvalue weighted by Gasteiger charge is 2.26. The average Bonchev–Trinajstić information content (AvgIpc) is 3.05. The topological polar surface area (TPSA) is 73.2 Å². The van der Waals surface area contributed by atoms with Crippen LogP contribution in [0.1, 0.15) is 25.1 Å². The zero-order valence-corrected chi connectivity index (χ0v) is 13.3. The van der Waals surface area contributed by atoms with Crippen molar-refractivity contribution in [2.45, 2.75) is 30.5 Å². The first kappa shape index (κ1) is 15.4. The molecule has 110 valence electrons. The number of nitrogens with one attached hydrogen (secondary N) is 1. The third-order valence-electron chi connectivity index (χ3n) is 3.57. The summed E-state index contributed by atoms with van der Waals surface area (Å²) < 4.78 is 27.1. The molecule has 1 N–H and O–H groups in total. The van der Waals surface area contributed by atoms with Gasteiger partial charge in [-0.15, -0.1) is 11.3 Å². The molecular weight excluding hydrogens is 294 g/mol. The van der Waals surface area contributed by atoms with Crippen molar-refractivity contribution in [1.82, 2.24) is 9.62 Å². The van der Waals surface area contributed by atoms with Crippen LogP contribution in [0.5, 0.6) is 0 Å². The van der Waals surface area contributed by atoms with Gasteiger partial charge in [0.2, 0.25) is 10.0 Å². The van der Waals surface area contributed by atoms with Crippen LogP contribution in [0.3, 0.4) is 0 Å². The lowest BCUT2D eigenvalue weighted by Crippen LogP contribution is -2.32. The van der Waals surface area contributed by atoms with Crippen LogP contribution in [-0.2, 0) is 10.0 Å². The van der Waals surface area contributed by atoms with E-state index in [0.29, 0.717) is 23.4 Å². The molecule has 0 aromatic carbocycles. The molecule has 0 bridgehead atoms. The summed E-state index contributed by atoms with van der Waals surface area (Å²) >= 11 is 1.01. The number of thiophene rings is 1. The van der Waals surface area contributed by atoms with E-state index >= 15 is 0 Å². The molecule has 20 heavy (non-hydrogen) atoms. The van der Waals surface area contributed by atoms with E-state index in [1.54, 1.807) is 0 Å². The van der Waals surface area contributed by atoms with E-state index < -0.39 is 10.0 Å². The molecule has 5 nitrogen and oxygen atoms in total. The summed E-state index contributed by atoms with van der Waals surface area (Å²) in [5.41, 5.74) is 0. The van der Waals surface area contributed by atoms with Crippen molar-refractivity contribution in [3.8, 4) is 6.07 Å². The maximum Gasteiger partial charge on any atom is 0.250 e. The minimum Gasteiger partial charge on any atom is -0.301 e. The fraction of sp³-hybridized carbons (Fsp3) is 0.615. The third-order valence-corrected chi connectivity index (χ3v) is 6.47. The predicted octanol–water partition coefficient (Wildman–Crippen LogP) is 1.63. The Bertz CT molecular complexity index is 601. The lowest BCUT2D eigenvalue weighted by atomic mass is 10.1. The van der Waals surface area contributed by atoms with Crippen LogP contribution in [0.2, 0.25) is 0 Å². The van der Waals surface area contributed by atoms with Gasteiger partial charge in [0, 0.05) is 19.1 Å². The SMILES string of the molecule is CC(C)N1CCC(CNS(=O)(=O)c2ccc(C#N)s2)C1. The zero-order chi connectivity index (χ0) is 14.8. The van der Waals surface area contributed by atoms with Gasteiger partial charge in [-0.05, 0) is 44.9 Å². The van der Waals surface area contributed by atoms with Crippen LogP contribution in [-0.4, -0.2) is 39.0 Å². The molecule has 0 saturated carbocycles. The highest BCUT2D eigenvalue weighted by atomic mass is 32.2. The molecule has 1 saturated heterocycles. The van der Waals surface area contributed by atoms with Gasteiger partial charge in [-0.1, -0.05) is 0 Å². The first-order valence-electron chi connectivity index (χ1n) is 6.66. The van der Waals surface area contributed by atoms with E-state index in [-0.39, 0.29) is 4.21 Å². The van der Waals surface area contributed by atoms with Crippen molar-refractivity contribution >= 4 is 21.4 Å². The van der Waals surface area contributed by atoms with Crippen LogP contribution in [0.15, 0.2) is 16.3 Å². The molecule has 2 rings (SSSR count). The molecule has 1 aliphatic rings. The molecule has 0 spiro atoms.